The van der Waals surface area contributed by atoms with Gasteiger partial charge in [0.05, 0.1) is 18.2 Å². The Balaban J connectivity index is 0.00000264. The van der Waals surface area contributed by atoms with E-state index in [9.17, 15) is 4.79 Å². The predicted molar refractivity (Wildman–Crippen MR) is 90.6 cm³/mol. The Labute approximate surface area is 141 Å². The van der Waals surface area contributed by atoms with Crippen molar-refractivity contribution in [3.63, 3.8) is 0 Å². The van der Waals surface area contributed by atoms with Crippen LogP contribution in [0.4, 0.5) is 0 Å². The van der Waals surface area contributed by atoms with E-state index < -0.39 is 0 Å². The number of halogens is 1. The fourth-order valence-electron chi connectivity index (χ4n) is 1.88. The minimum Gasteiger partial charge on any atom is -0.492 e. The van der Waals surface area contributed by atoms with Crippen LogP contribution in [0.25, 0.3) is 0 Å². The van der Waals surface area contributed by atoms with Gasteiger partial charge in [-0.25, -0.2) is 0 Å². The number of nitrogens with two attached hydrogens (primary N) is 1. The Morgan fingerprint density at radius 3 is 2.61 bits per heavy atom. The first-order valence-corrected chi connectivity index (χ1v) is 6.93. The number of hydrogen-bond acceptors (Lipinski definition) is 4. The zero-order chi connectivity index (χ0) is 15.8. The molecule has 0 aromatic heterocycles. The molecule has 0 heterocycles. The maximum Gasteiger partial charge on any atom is 0.251 e. The normalized spacial score (nSPS) is 9.39. The van der Waals surface area contributed by atoms with Gasteiger partial charge in [-0.3, -0.25) is 4.79 Å². The lowest BCUT2D eigenvalue weighted by Crippen LogP contribution is -2.28. The fraction of sp³-hybridized carbons (Fsp3) is 0.176. The molecule has 120 valence electrons. The summed E-state index contributed by atoms with van der Waals surface area (Å²) in [5, 5.41) is 11.6. The van der Waals surface area contributed by atoms with Crippen molar-refractivity contribution in [2.45, 2.75) is 6.54 Å². The molecule has 0 unspecified atom stereocenters. The van der Waals surface area contributed by atoms with Crippen molar-refractivity contribution >= 4 is 18.3 Å². The number of hydrogen-bond donors (Lipinski definition) is 2. The van der Waals surface area contributed by atoms with E-state index in [1.807, 2.05) is 18.2 Å². The van der Waals surface area contributed by atoms with Crippen LogP contribution < -0.4 is 15.8 Å². The lowest BCUT2D eigenvalue weighted by molar-refractivity contribution is 0.0947. The first-order chi connectivity index (χ1) is 10.7. The zero-order valence-electron chi connectivity index (χ0n) is 12.5. The first kappa shape index (κ1) is 18.5. The summed E-state index contributed by atoms with van der Waals surface area (Å²) in [5.74, 6) is 0.457. The number of ether oxygens (including phenoxy) is 1. The van der Waals surface area contributed by atoms with Crippen LogP contribution in [0.2, 0.25) is 0 Å². The molecule has 0 radical (unpaired) electrons. The number of nitrogens with one attached hydrogen (secondary N) is 1. The number of amides is 1. The summed E-state index contributed by atoms with van der Waals surface area (Å²) >= 11 is 0. The molecule has 0 fully saturated rings. The SMILES string of the molecule is Cl.N#Cc1cccc(OCCNC(=O)c2ccc(CN)cc2)c1. The molecule has 2 aromatic carbocycles. The van der Waals surface area contributed by atoms with Crippen molar-refractivity contribution in [3.05, 3.63) is 65.2 Å². The maximum atomic E-state index is 11.9. The van der Waals surface area contributed by atoms with Gasteiger partial charge in [0.15, 0.2) is 0 Å². The van der Waals surface area contributed by atoms with Gasteiger partial charge in [0, 0.05) is 12.1 Å². The fourth-order valence-corrected chi connectivity index (χ4v) is 1.88. The van der Waals surface area contributed by atoms with Crippen LogP contribution in [0.1, 0.15) is 21.5 Å². The summed E-state index contributed by atoms with van der Waals surface area (Å²) < 4.78 is 5.49. The second kappa shape index (κ2) is 9.46. The van der Waals surface area contributed by atoms with E-state index in [1.165, 1.54) is 0 Å². The van der Waals surface area contributed by atoms with Crippen molar-refractivity contribution in [1.29, 1.82) is 5.26 Å². The highest BCUT2D eigenvalue weighted by Crippen LogP contribution is 2.12. The van der Waals surface area contributed by atoms with Gasteiger partial charge >= 0.3 is 0 Å². The lowest BCUT2D eigenvalue weighted by atomic mass is 10.1. The van der Waals surface area contributed by atoms with Gasteiger partial charge in [0.25, 0.3) is 5.91 Å². The Hall–Kier alpha value is -2.55. The molecule has 23 heavy (non-hydrogen) atoms. The highest BCUT2D eigenvalue weighted by molar-refractivity contribution is 5.94. The van der Waals surface area contributed by atoms with Gasteiger partial charge in [0.2, 0.25) is 0 Å². The third kappa shape index (κ3) is 5.62. The molecule has 3 N–H and O–H groups in total. The van der Waals surface area contributed by atoms with E-state index in [-0.39, 0.29) is 18.3 Å². The van der Waals surface area contributed by atoms with Crippen LogP contribution in [0.3, 0.4) is 0 Å². The van der Waals surface area contributed by atoms with E-state index in [2.05, 4.69) is 5.32 Å². The van der Waals surface area contributed by atoms with Gasteiger partial charge in [-0.1, -0.05) is 18.2 Å². The third-order valence-electron chi connectivity index (χ3n) is 3.07. The van der Waals surface area contributed by atoms with Crippen LogP contribution in [-0.2, 0) is 6.54 Å². The van der Waals surface area contributed by atoms with Crippen molar-refractivity contribution < 1.29 is 9.53 Å². The third-order valence-corrected chi connectivity index (χ3v) is 3.07. The molecular formula is C17H18ClN3O2. The Morgan fingerprint density at radius 2 is 1.96 bits per heavy atom. The van der Waals surface area contributed by atoms with E-state index in [4.69, 9.17) is 15.7 Å². The molecule has 0 bridgehead atoms. The summed E-state index contributed by atoms with van der Waals surface area (Å²) in [6, 6.07) is 16.1. The first-order valence-electron chi connectivity index (χ1n) is 6.93. The number of nitriles is 1. The highest BCUT2D eigenvalue weighted by atomic mass is 35.5. The second-order valence-electron chi connectivity index (χ2n) is 4.65. The van der Waals surface area contributed by atoms with E-state index in [1.54, 1.807) is 36.4 Å². The van der Waals surface area contributed by atoms with Crippen molar-refractivity contribution in [1.82, 2.24) is 5.32 Å². The Morgan fingerprint density at radius 1 is 1.22 bits per heavy atom. The zero-order valence-corrected chi connectivity index (χ0v) is 13.3. The van der Waals surface area contributed by atoms with Gasteiger partial charge in [-0.15, -0.1) is 12.4 Å². The maximum absolute atomic E-state index is 11.9. The van der Waals surface area contributed by atoms with Crippen molar-refractivity contribution in [2.24, 2.45) is 5.73 Å². The molecular weight excluding hydrogens is 314 g/mol. The number of carbonyl (C=O) groups excluding carboxylic acids is 1. The topological polar surface area (TPSA) is 88.1 Å². The molecule has 1 amide bonds. The van der Waals surface area contributed by atoms with E-state index in [0.717, 1.165) is 5.56 Å². The average molecular weight is 332 g/mol. The summed E-state index contributed by atoms with van der Waals surface area (Å²) in [6.45, 7) is 1.17. The molecule has 0 spiro atoms. The molecule has 0 saturated carbocycles. The van der Waals surface area contributed by atoms with E-state index in [0.29, 0.717) is 36.6 Å². The quantitative estimate of drug-likeness (QED) is 0.795. The summed E-state index contributed by atoms with van der Waals surface area (Å²) in [5.41, 5.74) is 7.63. The number of carbonyl (C=O) groups is 1. The van der Waals surface area contributed by atoms with Gasteiger partial charge < -0.3 is 15.8 Å². The molecule has 0 saturated heterocycles. The molecule has 6 heteroatoms. The molecule has 2 aromatic rings. The second-order valence-corrected chi connectivity index (χ2v) is 4.65. The molecule has 0 aliphatic carbocycles. The summed E-state index contributed by atoms with van der Waals surface area (Å²) in [7, 11) is 0. The lowest BCUT2D eigenvalue weighted by Gasteiger charge is -2.08. The predicted octanol–water partition coefficient (Wildman–Crippen LogP) is 2.25. The number of benzene rings is 2. The number of nitrogens with zero attached hydrogens (tertiary/aromatic N) is 1. The monoisotopic (exact) mass is 331 g/mol. The average Bonchev–Trinajstić information content (AvgIpc) is 2.58. The standard InChI is InChI=1S/C17H17N3O2.ClH/c18-11-13-4-6-15(7-5-13)17(21)20-8-9-22-16-3-1-2-14(10-16)12-19;/h1-7,10H,8-9,11,18H2,(H,20,21);1H. The van der Waals surface area contributed by atoms with Crippen molar-refractivity contribution in [3.8, 4) is 11.8 Å². The highest BCUT2D eigenvalue weighted by Gasteiger charge is 2.04. The number of rotatable bonds is 6. The Kier molecular flexibility index (Phi) is 7.61. The van der Waals surface area contributed by atoms with Crippen LogP contribution in [0.5, 0.6) is 5.75 Å². The molecule has 5 nitrogen and oxygen atoms in total. The summed E-state index contributed by atoms with van der Waals surface area (Å²) in [6.07, 6.45) is 0. The Bertz CT molecular complexity index is 681. The minimum absolute atomic E-state index is 0. The smallest absolute Gasteiger partial charge is 0.251 e. The van der Waals surface area contributed by atoms with Crippen LogP contribution in [0.15, 0.2) is 48.5 Å². The molecule has 2 rings (SSSR count). The van der Waals surface area contributed by atoms with Crippen LogP contribution >= 0.6 is 12.4 Å². The van der Waals surface area contributed by atoms with Gasteiger partial charge in [-0.05, 0) is 35.9 Å². The summed E-state index contributed by atoms with van der Waals surface area (Å²) in [4.78, 5) is 11.9. The van der Waals surface area contributed by atoms with Gasteiger partial charge in [-0.2, -0.15) is 5.26 Å². The van der Waals surface area contributed by atoms with Crippen molar-refractivity contribution in [2.75, 3.05) is 13.2 Å². The molecule has 0 aliphatic rings. The van der Waals surface area contributed by atoms with E-state index >= 15 is 0 Å². The van der Waals surface area contributed by atoms with Crippen LogP contribution in [-0.4, -0.2) is 19.1 Å². The molecule has 0 atom stereocenters. The van der Waals surface area contributed by atoms with Crippen LogP contribution in [0, 0.1) is 11.3 Å². The molecule has 0 aliphatic heterocycles. The largest absolute Gasteiger partial charge is 0.492 e. The van der Waals surface area contributed by atoms with Gasteiger partial charge in [0.1, 0.15) is 12.4 Å². The minimum atomic E-state index is -0.155.